The monoisotopic (exact) mass is 498 g/mol. The van der Waals surface area contributed by atoms with E-state index in [2.05, 4.69) is 75.9 Å². The maximum atomic E-state index is 11.2. The molecule has 0 bridgehead atoms. The number of methoxy groups -OCH3 is 1. The van der Waals surface area contributed by atoms with Gasteiger partial charge in [0.2, 0.25) is 0 Å². The summed E-state index contributed by atoms with van der Waals surface area (Å²) in [5.74, 6) is -0.828. The van der Waals surface area contributed by atoms with Crippen molar-refractivity contribution in [2.45, 2.75) is 82.7 Å². The van der Waals surface area contributed by atoms with E-state index in [4.69, 9.17) is 18.6 Å². The molecule has 1 fully saturated rings. The van der Waals surface area contributed by atoms with E-state index in [1.165, 1.54) is 10.4 Å². The van der Waals surface area contributed by atoms with Crippen molar-refractivity contribution in [1.29, 1.82) is 0 Å². The predicted molar refractivity (Wildman–Crippen MR) is 144 cm³/mol. The lowest BCUT2D eigenvalue weighted by Gasteiger charge is -2.44. The SMILES string of the molecule is C=CCC(C)(O)C(OC)C1OC(C)(C)OC1CO[Si](c1ccccc1)(c1ccccc1)C(C)(C)C. The predicted octanol–water partition coefficient (Wildman–Crippen LogP) is 4.43. The molecule has 1 N–H and O–H groups in total. The molecule has 2 aromatic rings. The summed E-state index contributed by atoms with van der Waals surface area (Å²) < 4.78 is 25.6. The molecule has 1 aliphatic heterocycles. The topological polar surface area (TPSA) is 57.2 Å². The van der Waals surface area contributed by atoms with Gasteiger partial charge in [-0.2, -0.15) is 0 Å². The number of hydrogen-bond acceptors (Lipinski definition) is 5. The summed E-state index contributed by atoms with van der Waals surface area (Å²) in [5.41, 5.74) is -1.17. The van der Waals surface area contributed by atoms with Crippen LogP contribution in [0.4, 0.5) is 0 Å². The van der Waals surface area contributed by atoms with Crippen LogP contribution in [-0.4, -0.2) is 56.8 Å². The van der Waals surface area contributed by atoms with Crippen LogP contribution in [0, 0.1) is 0 Å². The van der Waals surface area contributed by atoms with Gasteiger partial charge in [0, 0.05) is 7.11 Å². The van der Waals surface area contributed by atoms with Crippen molar-refractivity contribution in [3.05, 3.63) is 73.3 Å². The van der Waals surface area contributed by atoms with Gasteiger partial charge in [0.05, 0.1) is 12.2 Å². The molecular weight excluding hydrogens is 456 g/mol. The highest BCUT2D eigenvalue weighted by Crippen LogP contribution is 2.39. The van der Waals surface area contributed by atoms with Gasteiger partial charge >= 0.3 is 0 Å². The summed E-state index contributed by atoms with van der Waals surface area (Å²) in [6.45, 7) is 16.4. The lowest BCUT2D eigenvalue weighted by Crippen LogP contribution is -2.67. The minimum atomic E-state index is -2.75. The smallest absolute Gasteiger partial charge is 0.261 e. The van der Waals surface area contributed by atoms with Gasteiger partial charge in [-0.15, -0.1) is 6.58 Å². The molecule has 0 aliphatic carbocycles. The van der Waals surface area contributed by atoms with Crippen molar-refractivity contribution in [3.8, 4) is 0 Å². The van der Waals surface area contributed by atoms with Gasteiger partial charge < -0.3 is 23.7 Å². The number of aliphatic hydroxyl groups is 1. The molecule has 1 aliphatic rings. The second-order valence-corrected chi connectivity index (χ2v) is 15.4. The minimum absolute atomic E-state index is 0.158. The van der Waals surface area contributed by atoms with Crippen molar-refractivity contribution in [2.24, 2.45) is 0 Å². The number of benzene rings is 2. The van der Waals surface area contributed by atoms with Crippen LogP contribution in [0.3, 0.4) is 0 Å². The Morgan fingerprint density at radius 1 is 1.00 bits per heavy atom. The van der Waals surface area contributed by atoms with Crippen molar-refractivity contribution in [1.82, 2.24) is 0 Å². The number of ether oxygens (including phenoxy) is 3. The van der Waals surface area contributed by atoms with E-state index >= 15 is 0 Å². The first-order valence-corrected chi connectivity index (χ1v) is 14.3. The fourth-order valence-corrected chi connectivity index (χ4v) is 9.94. The van der Waals surface area contributed by atoms with E-state index in [0.29, 0.717) is 13.0 Å². The zero-order chi connectivity index (χ0) is 25.9. The highest BCUT2D eigenvalue weighted by atomic mass is 28.4. The van der Waals surface area contributed by atoms with Gasteiger partial charge in [-0.3, -0.25) is 0 Å². The first-order chi connectivity index (χ1) is 16.4. The van der Waals surface area contributed by atoms with Crippen LogP contribution in [0.1, 0.15) is 48.0 Å². The lowest BCUT2D eigenvalue weighted by molar-refractivity contribution is -0.180. The van der Waals surface area contributed by atoms with Gasteiger partial charge in [-0.1, -0.05) is 87.5 Å². The maximum absolute atomic E-state index is 11.2. The molecule has 0 spiro atoms. The Kier molecular flexibility index (Phi) is 8.47. The average Bonchev–Trinajstić information content (AvgIpc) is 3.09. The van der Waals surface area contributed by atoms with Gasteiger partial charge in [0.15, 0.2) is 5.79 Å². The summed E-state index contributed by atoms with van der Waals surface area (Å²) >= 11 is 0. The Hall–Kier alpha value is -1.80. The normalized spacial score (nSPS) is 23.0. The average molecular weight is 499 g/mol. The third kappa shape index (κ3) is 5.79. The Labute approximate surface area is 212 Å². The zero-order valence-electron chi connectivity index (χ0n) is 22.3. The van der Waals surface area contributed by atoms with Crippen LogP contribution in [-0.2, 0) is 18.6 Å². The van der Waals surface area contributed by atoms with Crippen LogP contribution in [0.2, 0.25) is 5.04 Å². The molecule has 5 nitrogen and oxygen atoms in total. The molecule has 1 heterocycles. The molecule has 1 saturated heterocycles. The second-order valence-electron chi connectivity index (χ2n) is 11.1. The minimum Gasteiger partial charge on any atom is -0.405 e. The van der Waals surface area contributed by atoms with Gasteiger partial charge in [-0.25, -0.2) is 0 Å². The molecule has 0 radical (unpaired) electrons. The standard InChI is InChI=1S/C29H42O5Si/c1-9-20-29(7,30)26(31-8)25-24(33-28(5,6)34-25)21-32-35(27(2,3)4,22-16-12-10-13-17-22)23-18-14-11-15-19-23/h9-19,24-26,30H,1,20-21H2,2-8H3. The molecular formula is C29H42O5Si. The van der Waals surface area contributed by atoms with Crippen LogP contribution in [0.15, 0.2) is 73.3 Å². The number of rotatable bonds is 10. The number of hydrogen-bond donors (Lipinski definition) is 1. The summed E-state index contributed by atoms with van der Waals surface area (Å²) in [6, 6.07) is 21.0. The van der Waals surface area contributed by atoms with Crippen LogP contribution >= 0.6 is 0 Å². The Morgan fingerprint density at radius 2 is 1.51 bits per heavy atom. The maximum Gasteiger partial charge on any atom is 0.261 e. The Balaban J connectivity index is 2.03. The van der Waals surface area contributed by atoms with Crippen molar-refractivity contribution in [2.75, 3.05) is 13.7 Å². The fourth-order valence-electron chi connectivity index (χ4n) is 5.37. The molecule has 35 heavy (non-hydrogen) atoms. The molecule has 4 atom stereocenters. The summed E-state index contributed by atoms with van der Waals surface area (Å²) in [7, 11) is -1.16. The highest BCUT2D eigenvalue weighted by molar-refractivity contribution is 6.99. The van der Waals surface area contributed by atoms with Gasteiger partial charge in [0.25, 0.3) is 8.32 Å². The van der Waals surface area contributed by atoms with Crippen LogP contribution in [0.5, 0.6) is 0 Å². The van der Waals surface area contributed by atoms with E-state index in [0.717, 1.165) is 0 Å². The van der Waals surface area contributed by atoms with Crippen LogP contribution in [0.25, 0.3) is 0 Å². The summed E-state index contributed by atoms with van der Waals surface area (Å²) in [6.07, 6.45) is 0.514. The largest absolute Gasteiger partial charge is 0.405 e. The highest BCUT2D eigenvalue weighted by Gasteiger charge is 2.54. The first kappa shape index (κ1) is 27.8. The molecule has 192 valence electrons. The second kappa shape index (κ2) is 10.7. The van der Waals surface area contributed by atoms with Gasteiger partial charge in [0.1, 0.15) is 18.3 Å². The van der Waals surface area contributed by atoms with E-state index in [9.17, 15) is 5.11 Å². The summed E-state index contributed by atoms with van der Waals surface area (Å²) in [5, 5.41) is 13.4. The quantitative estimate of drug-likeness (QED) is 0.388. The molecule has 0 aromatic heterocycles. The molecule has 6 heteroatoms. The molecule has 3 rings (SSSR count). The molecule has 4 unspecified atom stereocenters. The third-order valence-electron chi connectivity index (χ3n) is 6.83. The fraction of sp³-hybridized carbons (Fsp3) is 0.517. The van der Waals surface area contributed by atoms with E-state index < -0.39 is 38.0 Å². The lowest BCUT2D eigenvalue weighted by atomic mass is 9.89. The molecule has 0 saturated carbocycles. The van der Waals surface area contributed by atoms with E-state index in [1.54, 1.807) is 20.1 Å². The Morgan fingerprint density at radius 3 is 1.94 bits per heavy atom. The molecule has 0 amide bonds. The molecule has 2 aromatic carbocycles. The van der Waals surface area contributed by atoms with Crippen LogP contribution < -0.4 is 10.4 Å². The first-order valence-electron chi connectivity index (χ1n) is 12.3. The van der Waals surface area contributed by atoms with E-state index in [-0.39, 0.29) is 5.04 Å². The summed E-state index contributed by atoms with van der Waals surface area (Å²) in [4.78, 5) is 0. The van der Waals surface area contributed by atoms with Crippen molar-refractivity contribution >= 4 is 18.7 Å². The van der Waals surface area contributed by atoms with Crippen molar-refractivity contribution in [3.63, 3.8) is 0 Å². The third-order valence-corrected chi connectivity index (χ3v) is 11.8. The Bertz CT molecular complexity index is 913. The van der Waals surface area contributed by atoms with Crippen molar-refractivity contribution < 1.29 is 23.7 Å². The zero-order valence-corrected chi connectivity index (χ0v) is 23.3. The van der Waals surface area contributed by atoms with E-state index in [1.807, 2.05) is 26.0 Å². The van der Waals surface area contributed by atoms with Gasteiger partial charge in [-0.05, 0) is 42.6 Å².